The molecule has 0 aliphatic carbocycles. The van der Waals surface area contributed by atoms with Crippen LogP contribution < -0.4 is 10.6 Å². The summed E-state index contributed by atoms with van der Waals surface area (Å²) in [5.74, 6) is -0.363. The maximum atomic E-state index is 11.9. The zero-order chi connectivity index (χ0) is 13.0. The Labute approximate surface area is 104 Å². The van der Waals surface area contributed by atoms with Gasteiger partial charge in [0.15, 0.2) is 5.69 Å². The fraction of sp³-hybridized carbons (Fsp3) is 0.545. The number of aromatic nitrogens is 2. The summed E-state index contributed by atoms with van der Waals surface area (Å²) >= 11 is 0. The van der Waals surface area contributed by atoms with Gasteiger partial charge in [-0.2, -0.15) is 5.10 Å². The highest BCUT2D eigenvalue weighted by atomic mass is 16.5. The molecule has 0 bridgehead atoms. The quantitative estimate of drug-likeness (QED) is 0.620. The van der Waals surface area contributed by atoms with Gasteiger partial charge < -0.3 is 15.4 Å². The molecule has 18 heavy (non-hydrogen) atoms. The maximum Gasteiger partial charge on any atom is 0.272 e. The fourth-order valence-electron chi connectivity index (χ4n) is 1.80. The van der Waals surface area contributed by atoms with Gasteiger partial charge >= 0.3 is 0 Å². The summed E-state index contributed by atoms with van der Waals surface area (Å²) in [6.07, 6.45) is 0.751. The Morgan fingerprint density at radius 3 is 2.94 bits per heavy atom. The van der Waals surface area contributed by atoms with E-state index in [9.17, 15) is 9.59 Å². The Hall–Kier alpha value is -1.89. The number of fused-ring (bicyclic) bond motifs is 1. The standard InChI is InChI=1S/C11H16N4O3/c1-7(16)12-3-4-13-11(17)10-8-6-18-5-2-9(8)14-15-10/h2-6H2,1H3,(H,12,16)(H,13,17)(H,14,15). The molecule has 0 fully saturated rings. The first-order valence-corrected chi connectivity index (χ1v) is 5.85. The molecule has 0 saturated heterocycles. The molecule has 0 aromatic carbocycles. The first-order valence-electron chi connectivity index (χ1n) is 5.85. The van der Waals surface area contributed by atoms with Gasteiger partial charge in [0.2, 0.25) is 5.91 Å². The average molecular weight is 252 g/mol. The Balaban J connectivity index is 1.89. The minimum Gasteiger partial charge on any atom is -0.376 e. The van der Waals surface area contributed by atoms with Crippen molar-refractivity contribution in [1.29, 1.82) is 0 Å². The Morgan fingerprint density at radius 1 is 1.39 bits per heavy atom. The molecule has 7 nitrogen and oxygen atoms in total. The first kappa shape index (κ1) is 12.6. The number of rotatable bonds is 4. The molecule has 1 aliphatic heterocycles. The van der Waals surface area contributed by atoms with Crippen LogP contribution in [0, 0.1) is 0 Å². The number of ether oxygens (including phenoxy) is 1. The first-order chi connectivity index (χ1) is 8.68. The minimum absolute atomic E-state index is 0.116. The van der Waals surface area contributed by atoms with E-state index in [0.717, 1.165) is 17.7 Å². The van der Waals surface area contributed by atoms with Gasteiger partial charge in [0.1, 0.15) is 0 Å². The summed E-state index contributed by atoms with van der Waals surface area (Å²) in [6.45, 7) is 3.29. The lowest BCUT2D eigenvalue weighted by Crippen LogP contribution is -2.34. The molecule has 0 saturated carbocycles. The van der Waals surface area contributed by atoms with Crippen LogP contribution in [0.2, 0.25) is 0 Å². The molecule has 1 aromatic heterocycles. The van der Waals surface area contributed by atoms with Crippen LogP contribution in [-0.2, 0) is 22.6 Å². The van der Waals surface area contributed by atoms with E-state index in [1.54, 1.807) is 0 Å². The number of carbonyl (C=O) groups excluding carboxylic acids is 2. The summed E-state index contributed by atoms with van der Waals surface area (Å²) in [6, 6.07) is 0. The van der Waals surface area contributed by atoms with E-state index in [1.807, 2.05) is 0 Å². The number of nitrogens with zero attached hydrogens (tertiary/aromatic N) is 1. The van der Waals surface area contributed by atoms with Crippen molar-refractivity contribution in [3.05, 3.63) is 17.0 Å². The second-order valence-corrected chi connectivity index (χ2v) is 4.07. The van der Waals surface area contributed by atoms with E-state index in [1.165, 1.54) is 6.92 Å². The normalized spacial score (nSPS) is 13.8. The molecular weight excluding hydrogens is 236 g/mol. The van der Waals surface area contributed by atoms with Gasteiger partial charge in [-0.1, -0.05) is 0 Å². The third-order valence-electron chi connectivity index (χ3n) is 2.70. The lowest BCUT2D eigenvalue weighted by atomic mass is 10.1. The number of hydrogen-bond acceptors (Lipinski definition) is 4. The zero-order valence-corrected chi connectivity index (χ0v) is 10.2. The predicted molar refractivity (Wildman–Crippen MR) is 63.0 cm³/mol. The number of H-pyrrole nitrogens is 1. The van der Waals surface area contributed by atoms with Crippen molar-refractivity contribution in [3.8, 4) is 0 Å². The summed E-state index contributed by atoms with van der Waals surface area (Å²) in [5.41, 5.74) is 2.18. The highest BCUT2D eigenvalue weighted by molar-refractivity contribution is 5.94. The maximum absolute atomic E-state index is 11.9. The SMILES string of the molecule is CC(=O)NCCNC(=O)c1n[nH]c2c1COCC2. The smallest absolute Gasteiger partial charge is 0.272 e. The highest BCUT2D eigenvalue weighted by Gasteiger charge is 2.21. The van der Waals surface area contributed by atoms with Crippen molar-refractivity contribution in [2.24, 2.45) is 0 Å². The van der Waals surface area contributed by atoms with Gasteiger partial charge in [0.05, 0.1) is 13.2 Å². The third kappa shape index (κ3) is 2.86. The number of nitrogens with one attached hydrogen (secondary N) is 3. The van der Waals surface area contributed by atoms with Crippen LogP contribution in [0.3, 0.4) is 0 Å². The topological polar surface area (TPSA) is 96.1 Å². The average Bonchev–Trinajstić information content (AvgIpc) is 2.78. The van der Waals surface area contributed by atoms with Crippen molar-refractivity contribution in [2.75, 3.05) is 19.7 Å². The Kier molecular flexibility index (Phi) is 3.93. The van der Waals surface area contributed by atoms with Crippen LogP contribution >= 0.6 is 0 Å². The molecule has 1 aromatic rings. The van der Waals surface area contributed by atoms with Gasteiger partial charge in [-0.05, 0) is 0 Å². The molecule has 98 valence electrons. The van der Waals surface area contributed by atoms with Crippen LogP contribution in [0.15, 0.2) is 0 Å². The van der Waals surface area contributed by atoms with Crippen LogP contribution in [0.4, 0.5) is 0 Å². The lowest BCUT2D eigenvalue weighted by molar-refractivity contribution is -0.118. The number of aromatic amines is 1. The van der Waals surface area contributed by atoms with Gasteiger partial charge in [0.25, 0.3) is 5.91 Å². The van der Waals surface area contributed by atoms with E-state index in [0.29, 0.717) is 32.0 Å². The molecule has 2 amide bonds. The summed E-state index contributed by atoms with van der Waals surface area (Å²) in [5, 5.41) is 12.2. The van der Waals surface area contributed by atoms with E-state index >= 15 is 0 Å². The molecule has 3 N–H and O–H groups in total. The lowest BCUT2D eigenvalue weighted by Gasteiger charge is -2.12. The van der Waals surface area contributed by atoms with Crippen LogP contribution in [0.1, 0.15) is 28.7 Å². The molecule has 0 spiro atoms. The second-order valence-electron chi connectivity index (χ2n) is 4.07. The van der Waals surface area contributed by atoms with Gasteiger partial charge in [-0.15, -0.1) is 0 Å². The van der Waals surface area contributed by atoms with E-state index in [4.69, 9.17) is 4.74 Å². The Morgan fingerprint density at radius 2 is 2.17 bits per heavy atom. The molecular formula is C11H16N4O3. The molecule has 2 heterocycles. The second kappa shape index (κ2) is 5.63. The molecule has 1 aliphatic rings. The van der Waals surface area contributed by atoms with Crippen LogP contribution in [-0.4, -0.2) is 41.7 Å². The molecule has 0 atom stereocenters. The van der Waals surface area contributed by atoms with Crippen molar-refractivity contribution in [2.45, 2.75) is 20.0 Å². The van der Waals surface area contributed by atoms with Crippen LogP contribution in [0.25, 0.3) is 0 Å². The monoisotopic (exact) mass is 252 g/mol. The van der Waals surface area contributed by atoms with Crippen molar-refractivity contribution >= 4 is 11.8 Å². The van der Waals surface area contributed by atoms with Crippen molar-refractivity contribution < 1.29 is 14.3 Å². The van der Waals surface area contributed by atoms with Crippen molar-refractivity contribution in [3.63, 3.8) is 0 Å². The van der Waals surface area contributed by atoms with Crippen molar-refractivity contribution in [1.82, 2.24) is 20.8 Å². The molecule has 7 heteroatoms. The summed E-state index contributed by atoms with van der Waals surface area (Å²) < 4.78 is 5.31. The fourth-order valence-corrected chi connectivity index (χ4v) is 1.80. The van der Waals surface area contributed by atoms with Crippen LogP contribution in [0.5, 0.6) is 0 Å². The molecule has 2 rings (SSSR count). The van der Waals surface area contributed by atoms with E-state index < -0.39 is 0 Å². The highest BCUT2D eigenvalue weighted by Crippen LogP contribution is 2.17. The van der Waals surface area contributed by atoms with Gasteiger partial charge in [-0.3, -0.25) is 14.7 Å². The van der Waals surface area contributed by atoms with Gasteiger partial charge in [-0.25, -0.2) is 0 Å². The summed E-state index contributed by atoms with van der Waals surface area (Å²) in [4.78, 5) is 22.5. The minimum atomic E-state index is -0.247. The van der Waals surface area contributed by atoms with E-state index in [-0.39, 0.29) is 11.8 Å². The van der Waals surface area contributed by atoms with Gasteiger partial charge in [0, 0.05) is 37.7 Å². The predicted octanol–water partition coefficient (Wildman–Crippen LogP) is -0.652. The molecule has 0 radical (unpaired) electrons. The largest absolute Gasteiger partial charge is 0.376 e. The zero-order valence-electron chi connectivity index (χ0n) is 10.2. The van der Waals surface area contributed by atoms with E-state index in [2.05, 4.69) is 20.8 Å². The number of amides is 2. The Bertz CT molecular complexity index is 455. The summed E-state index contributed by atoms with van der Waals surface area (Å²) in [7, 11) is 0. The number of carbonyl (C=O) groups is 2. The number of hydrogen-bond donors (Lipinski definition) is 3. The third-order valence-corrected chi connectivity index (χ3v) is 2.70. The molecule has 0 unspecified atom stereocenters.